The highest BCUT2D eigenvalue weighted by atomic mass is 32.2. The maximum atomic E-state index is 13.9. The lowest BCUT2D eigenvalue weighted by atomic mass is 10.0. The number of nitrogens with one attached hydrogen (secondary N) is 5. The minimum absolute atomic E-state index is 0.0442. The first kappa shape index (κ1) is 40.7. The van der Waals surface area contributed by atoms with Gasteiger partial charge in [0.15, 0.2) is 0 Å². The number of nitrogens with zero attached hydrogens (tertiary/aromatic N) is 2. The van der Waals surface area contributed by atoms with Crippen LogP contribution in [-0.2, 0) is 26.2 Å². The maximum absolute atomic E-state index is 13.9. The average Bonchev–Trinajstić information content (AvgIpc) is 3.61. The number of likely N-dealkylation sites (N-methyl/N-ethyl adjacent to an activating group) is 1. The highest BCUT2D eigenvalue weighted by Gasteiger charge is 2.28. The Morgan fingerprint density at radius 2 is 1.43 bits per heavy atom. The van der Waals surface area contributed by atoms with E-state index in [1.807, 2.05) is 51.1 Å². The molecule has 1 heterocycles. The van der Waals surface area contributed by atoms with Crippen LogP contribution in [0.3, 0.4) is 0 Å². The first-order valence-electron chi connectivity index (χ1n) is 16.9. The van der Waals surface area contributed by atoms with E-state index in [1.165, 1.54) is 45.6 Å². The second kappa shape index (κ2) is 18.5. The third kappa shape index (κ3) is 11.4. The largest absolute Gasteiger partial charge is 0.469 e. The van der Waals surface area contributed by atoms with Gasteiger partial charge in [0, 0.05) is 57.8 Å². The van der Waals surface area contributed by atoms with Crippen LogP contribution in [0.1, 0.15) is 72.7 Å². The number of furan rings is 1. The number of carbonyl (C=O) groups is 4. The van der Waals surface area contributed by atoms with Crippen LogP contribution in [0, 0.1) is 5.92 Å². The van der Waals surface area contributed by atoms with Gasteiger partial charge in [-0.2, -0.15) is 12.7 Å². The minimum atomic E-state index is -3.97. The fraction of sp³-hybridized carbons (Fsp3) is 0.444. The molecule has 1 aromatic heterocycles. The molecule has 0 aliphatic heterocycles. The van der Waals surface area contributed by atoms with Crippen molar-refractivity contribution >= 4 is 39.5 Å². The van der Waals surface area contributed by atoms with Gasteiger partial charge in [-0.15, -0.1) is 0 Å². The van der Waals surface area contributed by atoms with Crippen LogP contribution >= 0.6 is 0 Å². The molecule has 15 heteroatoms. The Labute approximate surface area is 300 Å². The summed E-state index contributed by atoms with van der Waals surface area (Å²) >= 11 is 0. The monoisotopic (exact) mass is 725 g/mol. The predicted octanol–water partition coefficient (Wildman–Crippen LogP) is 2.61. The van der Waals surface area contributed by atoms with Gasteiger partial charge < -0.3 is 31.0 Å². The molecule has 5 N–H and O–H groups in total. The summed E-state index contributed by atoms with van der Waals surface area (Å²) in [4.78, 5) is 53.0. The second-order valence-corrected chi connectivity index (χ2v) is 15.0. The molecule has 0 radical (unpaired) electrons. The molecule has 0 aliphatic rings. The lowest BCUT2D eigenvalue weighted by Gasteiger charge is -2.26. The molecule has 0 saturated carbocycles. The van der Waals surface area contributed by atoms with Gasteiger partial charge in [0.25, 0.3) is 11.8 Å². The summed E-state index contributed by atoms with van der Waals surface area (Å²) in [6, 6.07) is 14.6. The Morgan fingerprint density at radius 1 is 0.804 bits per heavy atom. The number of benzene rings is 2. The van der Waals surface area contributed by atoms with Gasteiger partial charge in [-0.3, -0.25) is 23.5 Å². The molecule has 0 spiro atoms. The van der Waals surface area contributed by atoms with Gasteiger partial charge in [0.2, 0.25) is 11.8 Å². The van der Waals surface area contributed by atoms with Crippen molar-refractivity contribution in [1.82, 2.24) is 30.9 Å². The van der Waals surface area contributed by atoms with E-state index >= 15 is 0 Å². The van der Waals surface area contributed by atoms with Crippen LogP contribution in [0.25, 0.3) is 0 Å². The van der Waals surface area contributed by atoms with Crippen molar-refractivity contribution in [2.24, 2.45) is 5.92 Å². The summed E-state index contributed by atoms with van der Waals surface area (Å²) in [5.41, 5.74) is 1.10. The molecule has 278 valence electrons. The van der Waals surface area contributed by atoms with Gasteiger partial charge in [-0.25, -0.2) is 0 Å². The minimum Gasteiger partial charge on any atom is -0.469 e. The third-order valence-electron chi connectivity index (χ3n) is 8.28. The zero-order valence-corrected chi connectivity index (χ0v) is 31.3. The zero-order chi connectivity index (χ0) is 37.9. The topological polar surface area (TPSA) is 182 Å². The van der Waals surface area contributed by atoms with Crippen LogP contribution in [0.15, 0.2) is 71.3 Å². The average molecular weight is 726 g/mol. The predicted molar refractivity (Wildman–Crippen MR) is 196 cm³/mol. The Kier molecular flexibility index (Phi) is 14.8. The van der Waals surface area contributed by atoms with Crippen molar-refractivity contribution in [3.8, 4) is 0 Å². The molecule has 14 nitrogen and oxygen atoms in total. The first-order valence-corrected chi connectivity index (χ1v) is 18.3. The zero-order valence-electron chi connectivity index (χ0n) is 30.5. The van der Waals surface area contributed by atoms with E-state index in [4.69, 9.17) is 4.42 Å². The van der Waals surface area contributed by atoms with Gasteiger partial charge >= 0.3 is 10.2 Å². The fourth-order valence-corrected chi connectivity index (χ4v) is 6.02. The summed E-state index contributed by atoms with van der Waals surface area (Å²) in [5.74, 6) is -1.31. The quantitative estimate of drug-likeness (QED) is 0.133. The molecule has 3 aromatic rings. The lowest BCUT2D eigenvalue weighted by Crippen LogP contribution is -2.55. The number of amides is 4. The molecule has 2 aromatic carbocycles. The van der Waals surface area contributed by atoms with Gasteiger partial charge in [0.1, 0.15) is 11.8 Å². The van der Waals surface area contributed by atoms with Crippen LogP contribution in [0.2, 0.25) is 0 Å². The molecule has 0 saturated heterocycles. The Balaban J connectivity index is 1.88. The second-order valence-electron chi connectivity index (χ2n) is 12.8. The van der Waals surface area contributed by atoms with Crippen LogP contribution < -0.4 is 30.9 Å². The summed E-state index contributed by atoms with van der Waals surface area (Å²) in [5, 5.41) is 14.6. The van der Waals surface area contributed by atoms with E-state index in [9.17, 15) is 27.6 Å². The summed E-state index contributed by atoms with van der Waals surface area (Å²) in [6.07, 6.45) is 1.76. The summed E-state index contributed by atoms with van der Waals surface area (Å²) in [6.45, 7) is 9.53. The highest BCUT2D eigenvalue weighted by molar-refractivity contribution is 7.90. The van der Waals surface area contributed by atoms with E-state index < -0.39 is 40.1 Å². The van der Waals surface area contributed by atoms with Crippen molar-refractivity contribution in [3.63, 3.8) is 0 Å². The van der Waals surface area contributed by atoms with Crippen molar-refractivity contribution in [2.75, 3.05) is 38.5 Å². The number of hydrogen-bond acceptors (Lipinski definition) is 8. The Bertz CT molecular complexity index is 1730. The van der Waals surface area contributed by atoms with Crippen molar-refractivity contribution < 1.29 is 32.0 Å². The molecule has 0 unspecified atom stereocenters. The summed E-state index contributed by atoms with van der Waals surface area (Å²) in [7, 11) is 0.136. The van der Waals surface area contributed by atoms with Crippen molar-refractivity contribution in [2.45, 2.75) is 65.2 Å². The molecule has 0 bridgehead atoms. The van der Waals surface area contributed by atoms with E-state index in [1.54, 1.807) is 26.0 Å². The van der Waals surface area contributed by atoms with E-state index in [2.05, 4.69) is 26.6 Å². The lowest BCUT2D eigenvalue weighted by molar-refractivity contribution is -0.130. The Hall–Kier alpha value is -4.73. The number of anilines is 1. The third-order valence-corrected chi connectivity index (χ3v) is 10.1. The molecule has 4 atom stereocenters. The van der Waals surface area contributed by atoms with Gasteiger partial charge in [-0.1, -0.05) is 44.2 Å². The van der Waals surface area contributed by atoms with Crippen LogP contribution in [0.5, 0.6) is 0 Å². The summed E-state index contributed by atoms with van der Waals surface area (Å²) < 4.78 is 33.7. The number of rotatable bonds is 18. The maximum Gasteiger partial charge on any atom is 0.303 e. The fourth-order valence-electron chi connectivity index (χ4n) is 5.16. The molecule has 4 amide bonds. The van der Waals surface area contributed by atoms with E-state index in [0.29, 0.717) is 12.3 Å². The SMILES string of the molecule is CCNC(=O)[C@@H](NC(=O)[C@H](C)NC[C@H](Cc1ccco1)NC(=O)c1cc(C(=O)N[C@H](C)c2ccccc2)cc(N(C)S(=O)(=O)N(C)C)c1)C(C)C. The van der Waals surface area contributed by atoms with Gasteiger partial charge in [0.05, 0.1) is 24.0 Å². The van der Waals surface area contributed by atoms with Crippen molar-refractivity contribution in [3.05, 3.63) is 89.4 Å². The molecular weight excluding hydrogens is 675 g/mol. The van der Waals surface area contributed by atoms with Crippen molar-refractivity contribution in [1.29, 1.82) is 0 Å². The first-order chi connectivity index (χ1) is 24.0. The molecule has 0 fully saturated rings. The van der Waals surface area contributed by atoms with E-state index in [0.717, 1.165) is 14.2 Å². The molecular formula is C36H51N7O7S. The standard InChI is InChI=1S/C36H51N7O7S/c1-9-37-36(47)32(23(2)3)41-33(44)25(5)38-22-29(21-31-16-13-17-50-31)40-35(46)28-18-27(19-30(20-28)43(8)51(48,49)42(6)7)34(45)39-24(4)26-14-11-10-12-15-26/h10-20,23-25,29,32,38H,9,21-22H2,1-8H3,(H,37,47)(H,39,45)(H,40,46)(H,41,44)/t24-,25+,29+,32+/m1/s1. The number of hydrogen-bond donors (Lipinski definition) is 5. The Morgan fingerprint density at radius 3 is 1.98 bits per heavy atom. The number of carbonyl (C=O) groups excluding carboxylic acids is 4. The van der Waals surface area contributed by atoms with Crippen LogP contribution in [-0.4, -0.2) is 88.7 Å². The van der Waals surface area contributed by atoms with E-state index in [-0.39, 0.29) is 53.6 Å². The molecule has 51 heavy (non-hydrogen) atoms. The van der Waals surface area contributed by atoms with Gasteiger partial charge in [-0.05, 0) is 62.6 Å². The smallest absolute Gasteiger partial charge is 0.303 e. The normalized spacial score (nSPS) is 13.9. The van der Waals surface area contributed by atoms with Crippen LogP contribution in [0.4, 0.5) is 5.69 Å². The highest BCUT2D eigenvalue weighted by Crippen LogP contribution is 2.23. The molecule has 0 aliphatic carbocycles. The molecule has 3 rings (SSSR count).